The quantitative estimate of drug-likeness (QED) is 0.436. The topological polar surface area (TPSA) is 58.6 Å². The van der Waals surface area contributed by atoms with Crippen molar-refractivity contribution in [2.45, 2.75) is 0 Å². The van der Waals surface area contributed by atoms with E-state index in [0.29, 0.717) is 0 Å². The van der Waals surface area contributed by atoms with Gasteiger partial charge in [-0.2, -0.15) is 0 Å². The van der Waals surface area contributed by atoms with Gasteiger partial charge in [0.15, 0.2) is 0 Å². The Morgan fingerprint density at radius 1 is 1.62 bits per heavy atom. The number of hydrogen-bond donors (Lipinski definition) is 2. The zero-order chi connectivity index (χ0) is 9.84. The number of alkyl halides is 1. The summed E-state index contributed by atoms with van der Waals surface area (Å²) in [5.41, 5.74) is 5.39. The number of aromatic hydroxyl groups is 1. The van der Waals surface area contributed by atoms with Crippen LogP contribution in [0.1, 0.15) is 0 Å². The summed E-state index contributed by atoms with van der Waals surface area (Å²) in [7, 11) is 0. The second-order valence-corrected chi connectivity index (χ2v) is 2.64. The fourth-order valence-electron chi connectivity index (χ4n) is 0.771. The van der Waals surface area contributed by atoms with Crippen molar-refractivity contribution in [3.8, 4) is 5.75 Å². The van der Waals surface area contributed by atoms with Crippen molar-refractivity contribution < 1.29 is 9.50 Å². The predicted octanol–water partition coefficient (Wildman–Crippen LogP) is 1.76. The number of nitrogens with two attached hydrogens (primary N) is 1. The molecule has 0 spiro atoms. The molecule has 0 unspecified atom stereocenters. The average molecular weight is 203 g/mol. The molecular formula is C8H8ClFN2O. The Labute approximate surface area is 79.7 Å². The van der Waals surface area contributed by atoms with Crippen LogP contribution < -0.4 is 5.73 Å². The van der Waals surface area contributed by atoms with Gasteiger partial charge in [0.2, 0.25) is 0 Å². The van der Waals surface area contributed by atoms with Crippen LogP contribution >= 0.6 is 11.6 Å². The van der Waals surface area contributed by atoms with Crippen LogP contribution in [0.5, 0.6) is 5.75 Å². The van der Waals surface area contributed by atoms with E-state index in [9.17, 15) is 9.50 Å². The highest BCUT2D eigenvalue weighted by Crippen LogP contribution is 2.26. The second kappa shape index (κ2) is 4.09. The van der Waals surface area contributed by atoms with Gasteiger partial charge in [-0.25, -0.2) is 9.38 Å². The smallest absolute Gasteiger partial charge is 0.141 e. The normalized spacial score (nSPS) is 11.7. The number of benzene rings is 1. The van der Waals surface area contributed by atoms with E-state index in [4.69, 9.17) is 17.3 Å². The van der Waals surface area contributed by atoms with Crippen LogP contribution in [0.15, 0.2) is 23.2 Å². The number of phenols is 1. The first-order chi connectivity index (χ1) is 6.13. The minimum atomic E-state index is -0.487. The van der Waals surface area contributed by atoms with Crippen LogP contribution in [-0.4, -0.2) is 16.8 Å². The molecule has 13 heavy (non-hydrogen) atoms. The largest absolute Gasteiger partial charge is 0.506 e. The molecule has 0 saturated carbocycles. The number of aliphatic imine (C=N–C) groups is 1. The molecule has 1 rings (SSSR count). The maximum Gasteiger partial charge on any atom is 0.141 e. The summed E-state index contributed by atoms with van der Waals surface area (Å²) >= 11 is 5.36. The van der Waals surface area contributed by atoms with Crippen molar-refractivity contribution in [2.75, 3.05) is 5.88 Å². The SMILES string of the molecule is NC(CCl)=Nc1cc(F)ccc1O. The summed E-state index contributed by atoms with van der Waals surface area (Å²) in [5, 5.41) is 9.21. The first kappa shape index (κ1) is 9.80. The second-order valence-electron chi connectivity index (χ2n) is 2.37. The Morgan fingerprint density at radius 3 is 2.92 bits per heavy atom. The van der Waals surface area contributed by atoms with Gasteiger partial charge in [-0.05, 0) is 12.1 Å². The van der Waals surface area contributed by atoms with Crippen LogP contribution in [0, 0.1) is 5.82 Å². The highest BCUT2D eigenvalue weighted by molar-refractivity contribution is 6.28. The van der Waals surface area contributed by atoms with Crippen molar-refractivity contribution in [1.82, 2.24) is 0 Å². The van der Waals surface area contributed by atoms with Gasteiger partial charge in [0.05, 0.1) is 5.88 Å². The number of halogens is 2. The Balaban J connectivity index is 3.07. The molecule has 3 N–H and O–H groups in total. The lowest BCUT2D eigenvalue weighted by atomic mass is 10.3. The number of amidine groups is 1. The average Bonchev–Trinajstić information content (AvgIpc) is 2.11. The van der Waals surface area contributed by atoms with Gasteiger partial charge in [0, 0.05) is 6.07 Å². The van der Waals surface area contributed by atoms with Crippen LogP contribution in [-0.2, 0) is 0 Å². The summed E-state index contributed by atoms with van der Waals surface area (Å²) in [6.45, 7) is 0. The van der Waals surface area contributed by atoms with E-state index >= 15 is 0 Å². The summed E-state index contributed by atoms with van der Waals surface area (Å²) in [6, 6.07) is 3.41. The molecule has 1 aromatic carbocycles. The Morgan fingerprint density at radius 2 is 2.31 bits per heavy atom. The third-order valence-corrected chi connectivity index (χ3v) is 1.61. The molecule has 0 atom stereocenters. The van der Waals surface area contributed by atoms with Crippen molar-refractivity contribution in [3.63, 3.8) is 0 Å². The fourth-order valence-corrected chi connectivity index (χ4v) is 0.830. The van der Waals surface area contributed by atoms with Crippen molar-refractivity contribution in [3.05, 3.63) is 24.0 Å². The van der Waals surface area contributed by atoms with E-state index in [1.165, 1.54) is 6.07 Å². The molecule has 3 nitrogen and oxygen atoms in total. The number of hydrogen-bond acceptors (Lipinski definition) is 2. The molecule has 0 aliphatic rings. The third-order valence-electron chi connectivity index (χ3n) is 1.34. The van der Waals surface area contributed by atoms with E-state index in [2.05, 4.69) is 4.99 Å². The van der Waals surface area contributed by atoms with Crippen molar-refractivity contribution >= 4 is 23.1 Å². The van der Waals surface area contributed by atoms with Crippen LogP contribution in [0.25, 0.3) is 0 Å². The molecule has 0 heterocycles. The molecule has 0 saturated heterocycles. The maximum atomic E-state index is 12.6. The highest BCUT2D eigenvalue weighted by Gasteiger charge is 2.01. The van der Waals surface area contributed by atoms with Gasteiger partial charge in [-0.15, -0.1) is 11.6 Å². The van der Waals surface area contributed by atoms with Crippen LogP contribution in [0.4, 0.5) is 10.1 Å². The summed E-state index contributed by atoms with van der Waals surface area (Å²) in [6.07, 6.45) is 0. The van der Waals surface area contributed by atoms with Crippen molar-refractivity contribution in [2.24, 2.45) is 10.7 Å². The van der Waals surface area contributed by atoms with Crippen LogP contribution in [0.2, 0.25) is 0 Å². The molecular weight excluding hydrogens is 195 g/mol. The summed E-state index contributed by atoms with van der Waals surface area (Å²) < 4.78 is 12.6. The number of rotatable bonds is 2. The fraction of sp³-hybridized carbons (Fsp3) is 0.125. The standard InChI is InChI=1S/C8H8ClFN2O/c9-4-8(11)12-6-3-5(10)1-2-7(6)13/h1-3,13H,4H2,(H2,11,12). The zero-order valence-corrected chi connectivity index (χ0v) is 7.42. The van der Waals surface area contributed by atoms with Gasteiger partial charge < -0.3 is 10.8 Å². The summed E-state index contributed by atoms with van der Waals surface area (Å²) in [4.78, 5) is 3.71. The van der Waals surface area contributed by atoms with Gasteiger partial charge in [0.25, 0.3) is 0 Å². The van der Waals surface area contributed by atoms with E-state index < -0.39 is 5.82 Å². The van der Waals surface area contributed by atoms with Crippen molar-refractivity contribution in [1.29, 1.82) is 0 Å². The van der Waals surface area contributed by atoms with Gasteiger partial charge >= 0.3 is 0 Å². The molecule has 5 heteroatoms. The molecule has 0 radical (unpaired) electrons. The molecule has 0 aromatic heterocycles. The third kappa shape index (κ3) is 2.59. The lowest BCUT2D eigenvalue weighted by molar-refractivity contribution is 0.475. The number of phenolic OH excluding ortho intramolecular Hbond substituents is 1. The minimum Gasteiger partial charge on any atom is -0.506 e. The van der Waals surface area contributed by atoms with Gasteiger partial charge in [-0.1, -0.05) is 0 Å². The Hall–Kier alpha value is -1.29. The predicted molar refractivity (Wildman–Crippen MR) is 50.1 cm³/mol. The van der Waals surface area contributed by atoms with E-state index in [1.807, 2.05) is 0 Å². The minimum absolute atomic E-state index is 0.0377. The zero-order valence-electron chi connectivity index (χ0n) is 6.67. The molecule has 0 aliphatic heterocycles. The number of nitrogens with zero attached hydrogens (tertiary/aromatic N) is 1. The van der Waals surface area contributed by atoms with Gasteiger partial charge in [-0.3, -0.25) is 0 Å². The molecule has 0 bridgehead atoms. The molecule has 0 fully saturated rings. The molecule has 1 aromatic rings. The first-order valence-corrected chi connectivity index (χ1v) is 4.04. The molecule has 0 aliphatic carbocycles. The molecule has 70 valence electrons. The lowest BCUT2D eigenvalue weighted by Crippen LogP contribution is -2.12. The maximum absolute atomic E-state index is 12.6. The Kier molecular flexibility index (Phi) is 3.08. The lowest BCUT2D eigenvalue weighted by Gasteiger charge is -1.99. The van der Waals surface area contributed by atoms with Crippen LogP contribution in [0.3, 0.4) is 0 Å². The van der Waals surface area contributed by atoms with E-state index in [-0.39, 0.29) is 23.2 Å². The molecule has 0 amide bonds. The highest BCUT2D eigenvalue weighted by atomic mass is 35.5. The Bertz CT molecular complexity index is 341. The first-order valence-electron chi connectivity index (χ1n) is 3.51. The van der Waals surface area contributed by atoms with Gasteiger partial charge in [0.1, 0.15) is 23.1 Å². The van der Waals surface area contributed by atoms with E-state index in [0.717, 1.165) is 12.1 Å². The van der Waals surface area contributed by atoms with E-state index in [1.54, 1.807) is 0 Å². The summed E-state index contributed by atoms with van der Waals surface area (Å²) in [5.74, 6) is -0.452. The monoisotopic (exact) mass is 202 g/mol.